The van der Waals surface area contributed by atoms with Crippen molar-refractivity contribution in [1.29, 1.82) is 0 Å². The van der Waals surface area contributed by atoms with E-state index in [4.69, 9.17) is 0 Å². The lowest BCUT2D eigenvalue weighted by Gasteiger charge is -2.10. The van der Waals surface area contributed by atoms with Crippen molar-refractivity contribution in [2.75, 3.05) is 12.4 Å². The van der Waals surface area contributed by atoms with E-state index in [1.807, 2.05) is 35.3 Å². The van der Waals surface area contributed by atoms with Gasteiger partial charge in [-0.05, 0) is 63.4 Å². The Balaban J connectivity index is 1.82. The number of hydrogen-bond donors (Lipinski definition) is 2. The molecule has 9 heteroatoms. The summed E-state index contributed by atoms with van der Waals surface area (Å²) in [6.07, 6.45) is 1.72. The second-order valence-electron chi connectivity index (χ2n) is 6.14. The molecule has 1 heterocycles. The zero-order valence-electron chi connectivity index (χ0n) is 15.5. The molecular weight excluding hydrogens is 383 g/mol. The highest BCUT2D eigenvalue weighted by Crippen LogP contribution is 2.19. The van der Waals surface area contributed by atoms with E-state index >= 15 is 0 Å². The van der Waals surface area contributed by atoms with Gasteiger partial charge in [0.2, 0.25) is 10.0 Å². The molecule has 28 heavy (non-hydrogen) atoms. The van der Waals surface area contributed by atoms with Gasteiger partial charge in [0.25, 0.3) is 5.91 Å². The van der Waals surface area contributed by atoms with Crippen LogP contribution in [0.5, 0.6) is 0 Å². The third-order valence-corrected chi connectivity index (χ3v) is 5.84. The van der Waals surface area contributed by atoms with Gasteiger partial charge in [0.1, 0.15) is 10.7 Å². The van der Waals surface area contributed by atoms with Crippen LogP contribution in [0, 0.1) is 19.7 Å². The van der Waals surface area contributed by atoms with E-state index < -0.39 is 26.6 Å². The lowest BCUT2D eigenvalue weighted by atomic mass is 10.2. The van der Waals surface area contributed by atoms with E-state index in [2.05, 4.69) is 10.3 Å². The highest BCUT2D eigenvalue weighted by atomic mass is 32.2. The molecule has 0 bridgehead atoms. The van der Waals surface area contributed by atoms with Crippen molar-refractivity contribution in [3.63, 3.8) is 0 Å². The molecule has 0 aliphatic rings. The molecule has 0 fully saturated rings. The van der Waals surface area contributed by atoms with Gasteiger partial charge in [-0.2, -0.15) is 0 Å². The number of rotatable bonds is 5. The number of nitrogens with one attached hydrogen (secondary N) is 2. The molecular formula is C19H19FN4O3S. The van der Waals surface area contributed by atoms with E-state index in [-0.39, 0.29) is 5.56 Å². The number of imidazole rings is 1. The van der Waals surface area contributed by atoms with Gasteiger partial charge in [0.05, 0.1) is 12.0 Å². The number of aryl methyl sites for hydroxylation is 1. The van der Waals surface area contributed by atoms with Crippen LogP contribution >= 0.6 is 0 Å². The Morgan fingerprint density at radius 1 is 1.11 bits per heavy atom. The Labute approximate surface area is 162 Å². The fraction of sp³-hybridized carbons (Fsp3) is 0.158. The van der Waals surface area contributed by atoms with Crippen molar-refractivity contribution in [2.24, 2.45) is 0 Å². The lowest BCUT2D eigenvalue weighted by molar-refractivity contribution is 0.102. The summed E-state index contributed by atoms with van der Waals surface area (Å²) in [5.41, 5.74) is 3.38. The van der Waals surface area contributed by atoms with Gasteiger partial charge >= 0.3 is 0 Å². The summed E-state index contributed by atoms with van der Waals surface area (Å²) in [7, 11) is -2.84. The highest BCUT2D eigenvalue weighted by Gasteiger charge is 2.19. The van der Waals surface area contributed by atoms with Gasteiger partial charge in [0, 0.05) is 22.6 Å². The molecule has 1 aromatic heterocycles. The number of benzene rings is 2. The fourth-order valence-electron chi connectivity index (χ4n) is 2.63. The Morgan fingerprint density at radius 3 is 2.36 bits per heavy atom. The van der Waals surface area contributed by atoms with Crippen LogP contribution in [0.1, 0.15) is 21.7 Å². The van der Waals surface area contributed by atoms with E-state index in [0.717, 1.165) is 29.2 Å². The van der Waals surface area contributed by atoms with E-state index in [1.165, 1.54) is 13.1 Å². The van der Waals surface area contributed by atoms with Gasteiger partial charge < -0.3 is 9.88 Å². The Hall–Kier alpha value is -3.04. The topological polar surface area (TPSA) is 93.1 Å². The van der Waals surface area contributed by atoms with Crippen molar-refractivity contribution in [2.45, 2.75) is 18.7 Å². The van der Waals surface area contributed by atoms with Crippen LogP contribution in [0.25, 0.3) is 5.69 Å². The summed E-state index contributed by atoms with van der Waals surface area (Å²) in [6, 6.07) is 10.3. The van der Waals surface area contributed by atoms with Crippen LogP contribution in [0.15, 0.2) is 53.7 Å². The first-order chi connectivity index (χ1) is 13.2. The molecule has 3 rings (SSSR count). The standard InChI is InChI=1S/C19H19FN4O3S/c1-12-13(2)24(11-22-12)16-7-5-15(6-8-16)23-19(25)14-4-9-17(20)18(10-14)28(26,27)21-3/h4-11,21H,1-3H3,(H,23,25). The first-order valence-corrected chi connectivity index (χ1v) is 9.86. The zero-order valence-corrected chi connectivity index (χ0v) is 16.3. The van der Waals surface area contributed by atoms with Crippen LogP contribution in [0.3, 0.4) is 0 Å². The predicted molar refractivity (Wildman–Crippen MR) is 104 cm³/mol. The minimum Gasteiger partial charge on any atom is -0.322 e. The normalized spacial score (nSPS) is 11.4. The number of carbonyl (C=O) groups is 1. The average molecular weight is 402 g/mol. The molecule has 0 atom stereocenters. The number of anilines is 1. The minimum absolute atomic E-state index is 0.0281. The summed E-state index contributed by atoms with van der Waals surface area (Å²) in [6.45, 7) is 3.88. The molecule has 0 aliphatic heterocycles. The number of halogens is 1. The van der Waals surface area contributed by atoms with Crippen molar-refractivity contribution in [3.05, 3.63) is 71.6 Å². The Bertz CT molecular complexity index is 1140. The highest BCUT2D eigenvalue weighted by molar-refractivity contribution is 7.89. The van der Waals surface area contributed by atoms with Crippen molar-refractivity contribution in [1.82, 2.24) is 14.3 Å². The third-order valence-electron chi connectivity index (χ3n) is 4.41. The SMILES string of the molecule is CNS(=O)(=O)c1cc(C(=O)Nc2ccc(-n3cnc(C)c3C)cc2)ccc1F. The van der Waals surface area contributed by atoms with Gasteiger partial charge in [-0.15, -0.1) is 0 Å². The predicted octanol–water partition coefficient (Wildman–Crippen LogP) is 2.79. The number of carbonyl (C=O) groups excluding carboxylic acids is 1. The molecule has 3 aromatic rings. The quantitative estimate of drug-likeness (QED) is 0.686. The number of nitrogens with zero attached hydrogens (tertiary/aromatic N) is 2. The van der Waals surface area contributed by atoms with Crippen LogP contribution in [-0.2, 0) is 10.0 Å². The smallest absolute Gasteiger partial charge is 0.255 e. The Kier molecular flexibility index (Phi) is 5.30. The number of aromatic nitrogens is 2. The van der Waals surface area contributed by atoms with Crippen LogP contribution < -0.4 is 10.0 Å². The molecule has 0 saturated carbocycles. The third kappa shape index (κ3) is 3.80. The van der Waals surface area contributed by atoms with Crippen molar-refractivity contribution in [3.8, 4) is 5.69 Å². The minimum atomic E-state index is -4.01. The van der Waals surface area contributed by atoms with Gasteiger partial charge in [0.15, 0.2) is 0 Å². The van der Waals surface area contributed by atoms with E-state index in [0.29, 0.717) is 5.69 Å². The second kappa shape index (κ2) is 7.53. The molecule has 0 spiro atoms. The van der Waals surface area contributed by atoms with Crippen LogP contribution in [-0.4, -0.2) is 30.9 Å². The molecule has 0 aliphatic carbocycles. The number of amides is 1. The van der Waals surface area contributed by atoms with Gasteiger partial charge in [-0.3, -0.25) is 4.79 Å². The van der Waals surface area contributed by atoms with Crippen molar-refractivity contribution >= 4 is 21.6 Å². The summed E-state index contributed by atoms with van der Waals surface area (Å²) in [4.78, 5) is 16.1. The molecule has 2 N–H and O–H groups in total. The molecule has 146 valence electrons. The van der Waals surface area contributed by atoms with E-state index in [9.17, 15) is 17.6 Å². The van der Waals surface area contributed by atoms with Crippen molar-refractivity contribution < 1.29 is 17.6 Å². The molecule has 0 unspecified atom stereocenters. The zero-order chi connectivity index (χ0) is 20.5. The maximum absolute atomic E-state index is 13.8. The van der Waals surface area contributed by atoms with Gasteiger partial charge in [-0.1, -0.05) is 0 Å². The first kappa shape index (κ1) is 19.7. The number of hydrogen-bond acceptors (Lipinski definition) is 4. The summed E-state index contributed by atoms with van der Waals surface area (Å²) in [5.74, 6) is -1.48. The maximum atomic E-state index is 13.8. The largest absolute Gasteiger partial charge is 0.322 e. The molecule has 0 radical (unpaired) electrons. The molecule has 2 aromatic carbocycles. The van der Waals surface area contributed by atoms with Crippen LogP contribution in [0.2, 0.25) is 0 Å². The van der Waals surface area contributed by atoms with Gasteiger partial charge in [-0.25, -0.2) is 22.5 Å². The Morgan fingerprint density at radius 2 is 1.79 bits per heavy atom. The maximum Gasteiger partial charge on any atom is 0.255 e. The second-order valence-corrected chi connectivity index (χ2v) is 7.99. The average Bonchev–Trinajstić information content (AvgIpc) is 3.01. The summed E-state index contributed by atoms with van der Waals surface area (Å²) >= 11 is 0. The molecule has 0 saturated heterocycles. The molecule has 7 nitrogen and oxygen atoms in total. The lowest BCUT2D eigenvalue weighted by Crippen LogP contribution is -2.21. The van der Waals surface area contributed by atoms with E-state index in [1.54, 1.807) is 18.5 Å². The summed E-state index contributed by atoms with van der Waals surface area (Å²) < 4.78 is 41.5. The van der Waals surface area contributed by atoms with Crippen LogP contribution in [0.4, 0.5) is 10.1 Å². The fourth-order valence-corrected chi connectivity index (χ4v) is 3.45. The first-order valence-electron chi connectivity index (χ1n) is 8.38. The molecule has 1 amide bonds. The monoisotopic (exact) mass is 402 g/mol. The number of sulfonamides is 1. The summed E-state index contributed by atoms with van der Waals surface area (Å²) in [5, 5.41) is 2.67.